The zero-order valence-electron chi connectivity index (χ0n) is 11.4. The Hall–Kier alpha value is -1.10. The molecular weight excluding hydrogens is 304 g/mol. The zero-order valence-corrected chi connectivity index (χ0v) is 13.0. The standard InChI is InChI=1S/C14H19BrN4/c1-3-5-12-16-13(14(15)18(12)2)11-8-9-19(17-11)10-6-4-7-10/h8-10H,3-7H2,1-2H3. The van der Waals surface area contributed by atoms with Gasteiger partial charge in [-0.05, 0) is 47.7 Å². The molecule has 3 rings (SSSR count). The van der Waals surface area contributed by atoms with E-state index in [-0.39, 0.29) is 0 Å². The van der Waals surface area contributed by atoms with Crippen LogP contribution in [-0.4, -0.2) is 19.3 Å². The van der Waals surface area contributed by atoms with Gasteiger partial charge in [0.2, 0.25) is 0 Å². The molecule has 19 heavy (non-hydrogen) atoms. The second-order valence-electron chi connectivity index (χ2n) is 5.24. The average Bonchev–Trinajstić information content (AvgIpc) is 2.88. The third-order valence-corrected chi connectivity index (χ3v) is 4.80. The molecule has 0 unspecified atom stereocenters. The van der Waals surface area contributed by atoms with Gasteiger partial charge in [0.15, 0.2) is 0 Å². The van der Waals surface area contributed by atoms with Crippen LogP contribution in [0.4, 0.5) is 0 Å². The Bertz CT molecular complexity index is 580. The summed E-state index contributed by atoms with van der Waals surface area (Å²) >= 11 is 3.64. The largest absolute Gasteiger partial charge is 0.325 e. The Labute approximate surface area is 122 Å². The van der Waals surface area contributed by atoms with E-state index in [4.69, 9.17) is 4.98 Å². The van der Waals surface area contributed by atoms with E-state index in [0.717, 1.165) is 34.7 Å². The maximum Gasteiger partial charge on any atom is 0.123 e. The number of rotatable bonds is 4. The maximum atomic E-state index is 4.73. The molecule has 1 saturated carbocycles. The van der Waals surface area contributed by atoms with Gasteiger partial charge in [-0.15, -0.1) is 0 Å². The quantitative estimate of drug-likeness (QED) is 0.859. The number of nitrogens with zero attached hydrogens (tertiary/aromatic N) is 4. The van der Waals surface area contributed by atoms with Crippen LogP contribution in [0.1, 0.15) is 44.5 Å². The van der Waals surface area contributed by atoms with E-state index in [1.54, 1.807) is 0 Å². The van der Waals surface area contributed by atoms with Gasteiger partial charge in [0.25, 0.3) is 0 Å². The van der Waals surface area contributed by atoms with E-state index >= 15 is 0 Å². The van der Waals surface area contributed by atoms with Crippen LogP contribution < -0.4 is 0 Å². The Morgan fingerprint density at radius 1 is 1.42 bits per heavy atom. The highest BCUT2D eigenvalue weighted by Gasteiger charge is 2.22. The summed E-state index contributed by atoms with van der Waals surface area (Å²) in [6.07, 6.45) is 8.02. The molecule has 1 aliphatic rings. The molecule has 2 aromatic heterocycles. The molecule has 0 saturated heterocycles. The van der Waals surface area contributed by atoms with Crippen LogP contribution in [0.3, 0.4) is 0 Å². The van der Waals surface area contributed by atoms with Gasteiger partial charge in [-0.3, -0.25) is 4.68 Å². The fourth-order valence-corrected chi connectivity index (χ4v) is 2.95. The molecule has 0 aliphatic heterocycles. The first-order valence-corrected chi connectivity index (χ1v) is 7.76. The van der Waals surface area contributed by atoms with E-state index in [1.165, 1.54) is 19.3 Å². The molecule has 0 spiro atoms. The molecule has 0 N–H and O–H groups in total. The predicted octanol–water partition coefficient (Wildman–Crippen LogP) is 3.72. The number of aryl methyl sites for hydroxylation is 1. The SMILES string of the molecule is CCCc1nc(-c2ccn(C3CCC3)n2)c(Br)n1C. The van der Waals surface area contributed by atoms with Gasteiger partial charge >= 0.3 is 0 Å². The fourth-order valence-electron chi connectivity index (χ4n) is 2.45. The smallest absolute Gasteiger partial charge is 0.123 e. The normalized spacial score (nSPS) is 15.7. The first kappa shape index (κ1) is 12.9. The molecule has 1 aliphatic carbocycles. The van der Waals surface area contributed by atoms with Crippen LogP contribution >= 0.6 is 15.9 Å². The summed E-state index contributed by atoms with van der Waals surface area (Å²) in [6.45, 7) is 2.17. The van der Waals surface area contributed by atoms with Crippen LogP contribution in [0.25, 0.3) is 11.4 Å². The Morgan fingerprint density at radius 2 is 2.21 bits per heavy atom. The van der Waals surface area contributed by atoms with Crippen LogP contribution in [0, 0.1) is 0 Å². The van der Waals surface area contributed by atoms with Crippen molar-refractivity contribution in [1.29, 1.82) is 0 Å². The van der Waals surface area contributed by atoms with E-state index in [0.29, 0.717) is 6.04 Å². The molecule has 1 fully saturated rings. The molecule has 0 aromatic carbocycles. The van der Waals surface area contributed by atoms with Crippen molar-refractivity contribution < 1.29 is 0 Å². The Kier molecular flexibility index (Phi) is 3.48. The summed E-state index contributed by atoms with van der Waals surface area (Å²) in [5.74, 6) is 1.11. The first-order valence-electron chi connectivity index (χ1n) is 6.97. The van der Waals surface area contributed by atoms with Gasteiger partial charge in [0.05, 0.1) is 6.04 Å². The summed E-state index contributed by atoms with van der Waals surface area (Å²) in [6, 6.07) is 2.67. The Balaban J connectivity index is 1.92. The third-order valence-electron chi connectivity index (χ3n) is 3.89. The molecule has 5 heteroatoms. The average molecular weight is 323 g/mol. The van der Waals surface area contributed by atoms with Gasteiger partial charge in [-0.1, -0.05) is 6.92 Å². The van der Waals surface area contributed by atoms with Crippen molar-refractivity contribution in [1.82, 2.24) is 19.3 Å². The summed E-state index contributed by atoms with van der Waals surface area (Å²) in [5.41, 5.74) is 1.93. The first-order chi connectivity index (χ1) is 9.20. The number of hydrogen-bond acceptors (Lipinski definition) is 2. The highest BCUT2D eigenvalue weighted by molar-refractivity contribution is 9.10. The van der Waals surface area contributed by atoms with E-state index in [2.05, 4.69) is 56.5 Å². The monoisotopic (exact) mass is 322 g/mol. The maximum absolute atomic E-state index is 4.73. The summed E-state index contributed by atoms with van der Waals surface area (Å²) < 4.78 is 5.23. The summed E-state index contributed by atoms with van der Waals surface area (Å²) in [4.78, 5) is 4.73. The van der Waals surface area contributed by atoms with Crippen molar-refractivity contribution in [2.45, 2.75) is 45.1 Å². The van der Waals surface area contributed by atoms with Gasteiger partial charge in [-0.2, -0.15) is 5.10 Å². The molecule has 0 bridgehead atoms. The molecule has 4 nitrogen and oxygen atoms in total. The summed E-state index contributed by atoms with van der Waals surface area (Å²) in [7, 11) is 2.05. The minimum Gasteiger partial charge on any atom is -0.325 e. The van der Waals surface area contributed by atoms with Gasteiger partial charge in [0, 0.05) is 19.7 Å². The summed E-state index contributed by atoms with van der Waals surface area (Å²) in [5, 5.41) is 4.69. The molecule has 2 aromatic rings. The van der Waals surface area contributed by atoms with Gasteiger partial charge in [-0.25, -0.2) is 4.98 Å². The molecule has 102 valence electrons. The third kappa shape index (κ3) is 2.24. The number of halogens is 1. The topological polar surface area (TPSA) is 35.6 Å². The van der Waals surface area contributed by atoms with Crippen molar-refractivity contribution in [2.24, 2.45) is 7.05 Å². The minimum absolute atomic E-state index is 0.603. The van der Waals surface area contributed by atoms with Crippen LogP contribution in [0.2, 0.25) is 0 Å². The lowest BCUT2D eigenvalue weighted by Crippen LogP contribution is -2.17. The van der Waals surface area contributed by atoms with Crippen molar-refractivity contribution in [3.8, 4) is 11.4 Å². The lowest BCUT2D eigenvalue weighted by molar-refractivity contribution is 0.290. The van der Waals surface area contributed by atoms with Crippen molar-refractivity contribution in [3.63, 3.8) is 0 Å². The van der Waals surface area contributed by atoms with Crippen LogP contribution in [0.15, 0.2) is 16.9 Å². The fraction of sp³-hybridized carbons (Fsp3) is 0.571. The molecule has 0 amide bonds. The van der Waals surface area contributed by atoms with Gasteiger partial charge < -0.3 is 4.57 Å². The van der Waals surface area contributed by atoms with Crippen LogP contribution in [0.5, 0.6) is 0 Å². The van der Waals surface area contributed by atoms with E-state index in [1.807, 2.05) is 0 Å². The zero-order chi connectivity index (χ0) is 13.4. The minimum atomic E-state index is 0.603. The highest BCUT2D eigenvalue weighted by atomic mass is 79.9. The second-order valence-corrected chi connectivity index (χ2v) is 5.99. The van der Waals surface area contributed by atoms with Gasteiger partial charge in [0.1, 0.15) is 21.8 Å². The number of hydrogen-bond donors (Lipinski definition) is 0. The van der Waals surface area contributed by atoms with Crippen molar-refractivity contribution >= 4 is 15.9 Å². The van der Waals surface area contributed by atoms with Crippen molar-refractivity contribution in [2.75, 3.05) is 0 Å². The molecule has 0 radical (unpaired) electrons. The molecule has 2 heterocycles. The number of aromatic nitrogens is 4. The predicted molar refractivity (Wildman–Crippen MR) is 79.0 cm³/mol. The van der Waals surface area contributed by atoms with Crippen LogP contribution in [-0.2, 0) is 13.5 Å². The lowest BCUT2D eigenvalue weighted by Gasteiger charge is -2.25. The van der Waals surface area contributed by atoms with Crippen molar-refractivity contribution in [3.05, 3.63) is 22.7 Å². The molecular formula is C14H19BrN4. The lowest BCUT2D eigenvalue weighted by atomic mass is 9.93. The second kappa shape index (κ2) is 5.12. The molecule has 0 atom stereocenters. The highest BCUT2D eigenvalue weighted by Crippen LogP contribution is 2.33. The number of imidazole rings is 1. The van der Waals surface area contributed by atoms with E-state index < -0.39 is 0 Å². The Morgan fingerprint density at radius 3 is 2.84 bits per heavy atom. The van der Waals surface area contributed by atoms with E-state index in [9.17, 15) is 0 Å².